The van der Waals surface area contributed by atoms with E-state index in [-0.39, 0.29) is 0 Å². The summed E-state index contributed by atoms with van der Waals surface area (Å²) in [5.41, 5.74) is 1.18. The smallest absolute Gasteiger partial charge is 0.260 e. The van der Waals surface area contributed by atoms with Crippen LogP contribution in [0, 0.1) is 0 Å². The predicted molar refractivity (Wildman–Crippen MR) is 108 cm³/mol. The summed E-state index contributed by atoms with van der Waals surface area (Å²) in [6, 6.07) is 23.0. The van der Waals surface area contributed by atoms with Gasteiger partial charge in [-0.25, -0.2) is 12.7 Å². The predicted octanol–water partition coefficient (Wildman–Crippen LogP) is 4.13. The summed E-state index contributed by atoms with van der Waals surface area (Å²) in [5, 5.41) is 2.95. The van der Waals surface area contributed by atoms with Crippen LogP contribution in [-0.2, 0) is 15.8 Å². The van der Waals surface area contributed by atoms with Crippen LogP contribution in [0.25, 0.3) is 10.8 Å². The van der Waals surface area contributed by atoms with Crippen LogP contribution in [0.2, 0.25) is 0 Å². The van der Waals surface area contributed by atoms with Crippen LogP contribution in [0.3, 0.4) is 0 Å². The summed E-state index contributed by atoms with van der Waals surface area (Å²) < 4.78 is 27.2. The quantitative estimate of drug-likeness (QED) is 0.682. The van der Waals surface area contributed by atoms with Gasteiger partial charge in [-0.3, -0.25) is 4.99 Å². The lowest BCUT2D eigenvalue weighted by atomic mass is 10.1. The van der Waals surface area contributed by atoms with Crippen molar-refractivity contribution in [2.45, 2.75) is 10.6 Å². The maximum absolute atomic E-state index is 12.9. The number of benzene rings is 3. The monoisotopic (exact) mass is 382 g/mol. The zero-order valence-corrected chi connectivity index (χ0v) is 15.7. The van der Waals surface area contributed by atoms with Gasteiger partial charge in [-0.2, -0.15) is 0 Å². The molecule has 0 spiro atoms. The minimum Gasteiger partial charge on any atom is -0.260 e. The average molecular weight is 383 g/mol. The number of sulfonamides is 1. The van der Waals surface area contributed by atoms with E-state index in [1.54, 1.807) is 24.3 Å². The van der Waals surface area contributed by atoms with Gasteiger partial charge in [0, 0.05) is 5.75 Å². The molecule has 3 aromatic rings. The summed E-state index contributed by atoms with van der Waals surface area (Å²) in [7, 11) is -3.55. The molecule has 3 aromatic carbocycles. The van der Waals surface area contributed by atoms with Gasteiger partial charge in [-0.1, -0.05) is 72.4 Å². The Morgan fingerprint density at radius 3 is 2.50 bits per heavy atom. The van der Waals surface area contributed by atoms with Gasteiger partial charge in [0.05, 0.1) is 18.0 Å². The fourth-order valence-corrected chi connectivity index (χ4v) is 5.78. The third kappa shape index (κ3) is 3.22. The molecule has 0 amide bonds. The Bertz CT molecular complexity index is 1060. The van der Waals surface area contributed by atoms with Crippen molar-refractivity contribution in [1.82, 2.24) is 4.31 Å². The van der Waals surface area contributed by atoms with Gasteiger partial charge in [0.1, 0.15) is 0 Å². The van der Waals surface area contributed by atoms with Crippen LogP contribution in [-0.4, -0.2) is 31.0 Å². The molecule has 1 aliphatic rings. The van der Waals surface area contributed by atoms with Crippen LogP contribution in [0.5, 0.6) is 0 Å². The Morgan fingerprint density at radius 2 is 1.65 bits per heavy atom. The Labute approximate surface area is 157 Å². The molecule has 0 aliphatic carbocycles. The van der Waals surface area contributed by atoms with Crippen molar-refractivity contribution < 1.29 is 8.42 Å². The van der Waals surface area contributed by atoms with Crippen molar-refractivity contribution in [3.8, 4) is 0 Å². The minimum atomic E-state index is -3.55. The Kier molecular flexibility index (Phi) is 4.70. The van der Waals surface area contributed by atoms with Crippen molar-refractivity contribution >= 4 is 37.7 Å². The number of nitrogens with zero attached hydrogens (tertiary/aromatic N) is 2. The summed E-state index contributed by atoms with van der Waals surface area (Å²) in [6.45, 7) is 0.902. The Balaban J connectivity index is 1.56. The van der Waals surface area contributed by atoms with Gasteiger partial charge in [0.25, 0.3) is 10.0 Å². The van der Waals surface area contributed by atoms with E-state index in [2.05, 4.69) is 29.3 Å². The van der Waals surface area contributed by atoms with E-state index in [9.17, 15) is 8.42 Å². The third-order valence-electron chi connectivity index (χ3n) is 4.33. The molecule has 26 heavy (non-hydrogen) atoms. The van der Waals surface area contributed by atoms with E-state index in [1.165, 1.54) is 32.4 Å². The number of amidine groups is 1. The highest BCUT2D eigenvalue weighted by atomic mass is 32.2. The Morgan fingerprint density at radius 1 is 0.923 bits per heavy atom. The van der Waals surface area contributed by atoms with E-state index < -0.39 is 10.0 Å². The van der Waals surface area contributed by atoms with Gasteiger partial charge in [-0.15, -0.1) is 0 Å². The second-order valence-electron chi connectivity index (χ2n) is 5.98. The molecule has 0 atom stereocenters. The van der Waals surface area contributed by atoms with Gasteiger partial charge in [0.15, 0.2) is 5.17 Å². The Hall–Kier alpha value is -2.31. The van der Waals surface area contributed by atoms with Crippen molar-refractivity contribution in [3.63, 3.8) is 0 Å². The van der Waals surface area contributed by atoms with Crippen molar-refractivity contribution in [3.05, 3.63) is 78.4 Å². The van der Waals surface area contributed by atoms with Gasteiger partial charge < -0.3 is 0 Å². The number of hydrogen-bond donors (Lipinski definition) is 0. The number of thioether (sulfide) groups is 1. The van der Waals surface area contributed by atoms with Gasteiger partial charge >= 0.3 is 0 Å². The molecule has 0 saturated heterocycles. The standard InChI is InChI=1S/C20H18N2O2S2/c23-26(24,18-10-2-1-3-11-18)22-14-13-21-20(22)25-15-17-9-6-8-16-7-4-5-12-19(16)17/h1-12H,13-15H2. The van der Waals surface area contributed by atoms with Crippen LogP contribution in [0.15, 0.2) is 82.7 Å². The molecule has 0 bridgehead atoms. The zero-order chi connectivity index (χ0) is 18.0. The van der Waals surface area contributed by atoms with Crippen LogP contribution in [0.4, 0.5) is 0 Å². The van der Waals surface area contributed by atoms with E-state index >= 15 is 0 Å². The fraction of sp³-hybridized carbons (Fsp3) is 0.150. The van der Waals surface area contributed by atoms with Crippen molar-refractivity contribution in [1.29, 1.82) is 0 Å². The molecule has 1 heterocycles. The molecular formula is C20H18N2O2S2. The normalized spacial score (nSPS) is 14.6. The van der Waals surface area contributed by atoms with Crippen molar-refractivity contribution in [2.24, 2.45) is 4.99 Å². The number of fused-ring (bicyclic) bond motifs is 1. The SMILES string of the molecule is O=S(=O)(c1ccccc1)N1CCN=C1SCc1cccc2ccccc12. The summed E-state index contributed by atoms with van der Waals surface area (Å²) in [4.78, 5) is 4.74. The lowest BCUT2D eigenvalue weighted by Crippen LogP contribution is -2.32. The maximum Gasteiger partial charge on any atom is 0.265 e. The summed E-state index contributed by atoms with van der Waals surface area (Å²) in [6.07, 6.45) is 0. The first-order valence-electron chi connectivity index (χ1n) is 8.38. The number of rotatable bonds is 4. The molecule has 0 fully saturated rings. The van der Waals surface area contributed by atoms with E-state index in [0.717, 1.165) is 0 Å². The topological polar surface area (TPSA) is 49.7 Å². The minimum absolute atomic E-state index is 0.306. The van der Waals surface area contributed by atoms with E-state index in [4.69, 9.17) is 0 Å². The highest BCUT2D eigenvalue weighted by Crippen LogP contribution is 2.28. The average Bonchev–Trinajstić information content (AvgIpc) is 3.16. The molecular weight excluding hydrogens is 364 g/mol. The number of hydrogen-bond acceptors (Lipinski definition) is 4. The first-order valence-corrected chi connectivity index (χ1v) is 10.8. The second kappa shape index (κ2) is 7.13. The van der Waals surface area contributed by atoms with E-state index in [1.807, 2.05) is 24.3 Å². The molecule has 6 heteroatoms. The molecule has 0 unspecified atom stereocenters. The molecule has 0 saturated carbocycles. The highest BCUT2D eigenvalue weighted by Gasteiger charge is 2.30. The number of aliphatic imine (C=N–C) groups is 1. The van der Waals surface area contributed by atoms with Crippen molar-refractivity contribution in [2.75, 3.05) is 13.1 Å². The maximum atomic E-state index is 12.9. The lowest BCUT2D eigenvalue weighted by molar-refractivity contribution is 0.540. The van der Waals surface area contributed by atoms with E-state index in [0.29, 0.717) is 28.9 Å². The molecule has 132 valence electrons. The fourth-order valence-electron chi connectivity index (χ4n) is 3.03. The molecule has 1 aliphatic heterocycles. The van der Waals surface area contributed by atoms with Gasteiger partial charge in [-0.05, 0) is 28.5 Å². The summed E-state index contributed by atoms with van der Waals surface area (Å²) >= 11 is 1.48. The molecule has 0 aromatic heterocycles. The molecule has 4 rings (SSSR count). The van der Waals surface area contributed by atoms with Gasteiger partial charge in [0.2, 0.25) is 0 Å². The largest absolute Gasteiger partial charge is 0.265 e. The highest BCUT2D eigenvalue weighted by molar-refractivity contribution is 8.14. The lowest BCUT2D eigenvalue weighted by Gasteiger charge is -2.20. The van der Waals surface area contributed by atoms with Crippen LogP contribution in [0.1, 0.15) is 5.56 Å². The van der Waals surface area contributed by atoms with Crippen LogP contribution >= 0.6 is 11.8 Å². The second-order valence-corrected chi connectivity index (χ2v) is 8.79. The third-order valence-corrected chi connectivity index (χ3v) is 7.31. The molecule has 0 radical (unpaired) electrons. The summed E-state index contributed by atoms with van der Waals surface area (Å²) in [5.74, 6) is 0.682. The first-order chi connectivity index (χ1) is 12.7. The molecule has 4 nitrogen and oxygen atoms in total. The molecule has 0 N–H and O–H groups in total. The first kappa shape index (κ1) is 17.1. The van der Waals surface area contributed by atoms with Crippen LogP contribution < -0.4 is 0 Å². The zero-order valence-electron chi connectivity index (χ0n) is 14.1.